The molecule has 9 heteroatoms. The molecule has 1 atom stereocenters. The van der Waals surface area contributed by atoms with E-state index < -0.39 is 27.7 Å². The summed E-state index contributed by atoms with van der Waals surface area (Å²) < 4.78 is 72.6. The lowest BCUT2D eigenvalue weighted by Crippen LogP contribution is -2.22. The van der Waals surface area contributed by atoms with E-state index in [1.165, 1.54) is 0 Å². The Morgan fingerprint density at radius 1 is 1.22 bits per heavy atom. The molecule has 0 spiro atoms. The molecule has 4 nitrogen and oxygen atoms in total. The van der Waals surface area contributed by atoms with Gasteiger partial charge in [0, 0.05) is 5.69 Å². The van der Waals surface area contributed by atoms with Crippen molar-refractivity contribution in [1.29, 1.82) is 0 Å². The fourth-order valence-corrected chi connectivity index (χ4v) is 1.33. The minimum atomic E-state index is -4.80. The van der Waals surface area contributed by atoms with Crippen LogP contribution in [0.3, 0.4) is 0 Å². The maximum Gasteiger partial charge on any atom is 0.573 e. The van der Waals surface area contributed by atoms with Gasteiger partial charge in [0.05, 0.1) is 0 Å². The van der Waals surface area contributed by atoms with Crippen LogP contribution in [-0.2, 0) is 10.2 Å². The van der Waals surface area contributed by atoms with Crippen LogP contribution in [-0.4, -0.2) is 20.2 Å². The second kappa shape index (κ2) is 5.01. The molecule has 1 rings (SSSR count). The molecule has 102 valence electrons. The summed E-state index contributed by atoms with van der Waals surface area (Å²) >= 11 is 0. The van der Waals surface area contributed by atoms with E-state index in [2.05, 4.69) is 10.1 Å². The highest BCUT2D eigenvalue weighted by molar-refractivity contribution is 7.87. The Morgan fingerprint density at radius 3 is 2.11 bits per heavy atom. The second-order valence-electron chi connectivity index (χ2n) is 3.33. The van der Waals surface area contributed by atoms with E-state index in [0.29, 0.717) is 0 Å². The number of anilines is 1. The first kappa shape index (κ1) is 14.6. The number of hydrogen-bond donors (Lipinski definition) is 1. The number of rotatable bonds is 4. The Kier molecular flexibility index (Phi) is 4.05. The summed E-state index contributed by atoms with van der Waals surface area (Å²) in [5.41, 5.74) is 0.151. The molecule has 1 aromatic carbocycles. The highest BCUT2D eigenvalue weighted by atomic mass is 32.3. The fraction of sp³-hybridized carbons (Fsp3) is 0.333. The number of halogens is 4. The molecule has 1 N–H and O–H groups in total. The summed E-state index contributed by atoms with van der Waals surface area (Å²) in [6, 6.07) is 4.24. The molecule has 0 aromatic heterocycles. The number of nitrogens with one attached hydrogen (secondary N) is 1. The monoisotopic (exact) mass is 287 g/mol. The molecule has 0 saturated heterocycles. The molecule has 18 heavy (non-hydrogen) atoms. The first-order chi connectivity index (χ1) is 8.08. The van der Waals surface area contributed by atoms with Gasteiger partial charge in [-0.15, -0.1) is 17.1 Å². The van der Waals surface area contributed by atoms with Crippen molar-refractivity contribution in [2.45, 2.75) is 18.7 Å². The van der Waals surface area contributed by atoms with E-state index in [1.54, 1.807) is 0 Å². The van der Waals surface area contributed by atoms with Crippen LogP contribution in [0.2, 0.25) is 0 Å². The van der Waals surface area contributed by atoms with Crippen molar-refractivity contribution in [3.8, 4) is 5.75 Å². The van der Waals surface area contributed by atoms with Crippen molar-refractivity contribution < 1.29 is 30.2 Å². The second-order valence-corrected chi connectivity index (χ2v) is 4.99. The van der Waals surface area contributed by atoms with Crippen LogP contribution in [0.1, 0.15) is 6.92 Å². The average molecular weight is 287 g/mol. The molecule has 1 aromatic rings. The van der Waals surface area contributed by atoms with E-state index in [-0.39, 0.29) is 5.69 Å². The quantitative estimate of drug-likeness (QED) is 0.683. The maximum absolute atomic E-state index is 12.5. The van der Waals surface area contributed by atoms with Crippen LogP contribution < -0.4 is 10.1 Å². The van der Waals surface area contributed by atoms with Crippen LogP contribution >= 0.6 is 0 Å². The lowest BCUT2D eigenvalue weighted by atomic mass is 10.3. The number of hydrogen-bond acceptors (Lipinski definition) is 4. The molecule has 0 radical (unpaired) electrons. The third kappa shape index (κ3) is 4.78. The summed E-state index contributed by atoms with van der Waals surface area (Å²) in [4.78, 5) is 0. The largest absolute Gasteiger partial charge is 0.573 e. The van der Waals surface area contributed by atoms with Gasteiger partial charge in [0.2, 0.25) is 0 Å². The Hall–Kier alpha value is -1.51. The van der Waals surface area contributed by atoms with Crippen molar-refractivity contribution >= 4 is 15.9 Å². The van der Waals surface area contributed by atoms with Crippen molar-refractivity contribution in [2.75, 3.05) is 5.32 Å². The molecular formula is C9H9F4NO3S. The summed E-state index contributed by atoms with van der Waals surface area (Å²) in [6.07, 6.45) is -4.80. The predicted octanol–water partition coefficient (Wildman–Crippen LogP) is 2.64. The van der Waals surface area contributed by atoms with Crippen molar-refractivity contribution in [3.63, 3.8) is 0 Å². The molecule has 0 aliphatic carbocycles. The van der Waals surface area contributed by atoms with Gasteiger partial charge in [0.1, 0.15) is 5.75 Å². The fourth-order valence-electron chi connectivity index (χ4n) is 1.06. The Morgan fingerprint density at radius 2 is 1.72 bits per heavy atom. The van der Waals surface area contributed by atoms with E-state index in [0.717, 1.165) is 31.2 Å². The maximum atomic E-state index is 12.5. The molecule has 1 unspecified atom stereocenters. The molecular weight excluding hydrogens is 278 g/mol. The smallest absolute Gasteiger partial charge is 0.406 e. The predicted molar refractivity (Wildman–Crippen MR) is 56.2 cm³/mol. The topological polar surface area (TPSA) is 55.4 Å². The van der Waals surface area contributed by atoms with Gasteiger partial charge in [-0.2, -0.15) is 8.42 Å². The van der Waals surface area contributed by atoms with Gasteiger partial charge >= 0.3 is 16.6 Å². The van der Waals surface area contributed by atoms with Gasteiger partial charge in [-0.05, 0) is 31.2 Å². The molecule has 0 amide bonds. The third-order valence-corrected chi connectivity index (χ3v) is 2.84. The van der Waals surface area contributed by atoms with Gasteiger partial charge in [-0.3, -0.25) is 0 Å². The standard InChI is InChI=1S/C9H9F4NO3S/c1-6(18(13,15)16)14-7-2-4-8(5-3-7)17-9(10,11)12/h2-6,14H,1H3. The summed E-state index contributed by atoms with van der Waals surface area (Å²) in [5.74, 6) is -0.455. The normalized spacial score (nSPS) is 14.1. The Bertz CT molecular complexity index is 498. The molecule has 0 aliphatic heterocycles. The lowest BCUT2D eigenvalue weighted by molar-refractivity contribution is -0.274. The minimum absolute atomic E-state index is 0.151. The van der Waals surface area contributed by atoms with Crippen molar-refractivity contribution in [1.82, 2.24) is 0 Å². The number of benzene rings is 1. The Labute approximate surface area is 101 Å². The zero-order chi connectivity index (χ0) is 14.0. The summed E-state index contributed by atoms with van der Waals surface area (Å²) in [7, 11) is -4.76. The summed E-state index contributed by atoms with van der Waals surface area (Å²) in [5, 5.41) is 0.778. The lowest BCUT2D eigenvalue weighted by Gasteiger charge is -2.12. The van der Waals surface area contributed by atoms with Gasteiger partial charge in [0.15, 0.2) is 5.37 Å². The number of ether oxygens (including phenoxy) is 1. The van der Waals surface area contributed by atoms with Gasteiger partial charge < -0.3 is 10.1 Å². The minimum Gasteiger partial charge on any atom is -0.406 e. The third-order valence-electron chi connectivity index (χ3n) is 1.88. The summed E-state index contributed by atoms with van der Waals surface area (Å²) in [6.45, 7) is 1.06. The van der Waals surface area contributed by atoms with Crippen molar-refractivity contribution in [2.24, 2.45) is 0 Å². The molecule has 0 heterocycles. The van der Waals surface area contributed by atoms with Gasteiger partial charge in [-0.1, -0.05) is 0 Å². The molecule has 0 bridgehead atoms. The highest BCUT2D eigenvalue weighted by Crippen LogP contribution is 2.24. The Balaban J connectivity index is 2.72. The van der Waals surface area contributed by atoms with Crippen LogP contribution in [0.15, 0.2) is 24.3 Å². The van der Waals surface area contributed by atoms with E-state index in [9.17, 15) is 25.5 Å². The van der Waals surface area contributed by atoms with Crippen LogP contribution in [0.25, 0.3) is 0 Å². The molecule has 0 aliphatic rings. The first-order valence-electron chi connectivity index (χ1n) is 4.64. The average Bonchev–Trinajstić information content (AvgIpc) is 2.17. The number of alkyl halides is 3. The van der Waals surface area contributed by atoms with Gasteiger partial charge in [-0.25, -0.2) is 0 Å². The van der Waals surface area contributed by atoms with Gasteiger partial charge in [0.25, 0.3) is 0 Å². The van der Waals surface area contributed by atoms with E-state index in [1.807, 2.05) is 0 Å². The zero-order valence-electron chi connectivity index (χ0n) is 9.03. The SMILES string of the molecule is CC(Nc1ccc(OC(F)(F)F)cc1)S(=O)(=O)F. The van der Waals surface area contributed by atoms with Crippen LogP contribution in [0.5, 0.6) is 5.75 Å². The molecule has 0 fully saturated rings. The van der Waals surface area contributed by atoms with Crippen LogP contribution in [0, 0.1) is 0 Å². The highest BCUT2D eigenvalue weighted by Gasteiger charge is 2.31. The van der Waals surface area contributed by atoms with E-state index in [4.69, 9.17) is 0 Å². The van der Waals surface area contributed by atoms with E-state index >= 15 is 0 Å². The van der Waals surface area contributed by atoms with Crippen molar-refractivity contribution in [3.05, 3.63) is 24.3 Å². The molecule has 0 saturated carbocycles. The zero-order valence-corrected chi connectivity index (χ0v) is 9.85. The van der Waals surface area contributed by atoms with Crippen LogP contribution in [0.4, 0.5) is 22.7 Å². The first-order valence-corrected chi connectivity index (χ1v) is 6.08.